The second-order valence-electron chi connectivity index (χ2n) is 5.95. The number of ether oxygens (including phenoxy) is 1. The molecule has 1 atom stereocenters. The number of nitrogens with one attached hydrogen (secondary N) is 1. The smallest absolute Gasteiger partial charge is 0.338 e. The van der Waals surface area contributed by atoms with Crippen molar-refractivity contribution in [2.75, 3.05) is 7.05 Å². The average Bonchev–Trinajstić information content (AvgIpc) is 2.38. The van der Waals surface area contributed by atoms with Gasteiger partial charge in [0.1, 0.15) is 5.60 Å². The number of carbonyl (C=O) groups is 2. The molecule has 0 aromatic heterocycles. The summed E-state index contributed by atoms with van der Waals surface area (Å²) in [5, 5.41) is 12.1. The number of benzene rings is 1. The number of rotatable bonds is 6. The van der Waals surface area contributed by atoms with Crippen molar-refractivity contribution in [2.24, 2.45) is 0 Å². The highest BCUT2D eigenvalue weighted by Crippen LogP contribution is 2.20. The topological polar surface area (TPSA) is 75.6 Å². The number of carboxylic acid groups (broad SMARTS) is 1. The summed E-state index contributed by atoms with van der Waals surface area (Å²) >= 11 is 0. The van der Waals surface area contributed by atoms with E-state index in [0.717, 1.165) is 5.56 Å². The molecule has 5 nitrogen and oxygen atoms in total. The molecule has 0 aliphatic carbocycles. The van der Waals surface area contributed by atoms with Gasteiger partial charge in [-0.3, -0.25) is 5.32 Å². The van der Waals surface area contributed by atoms with Gasteiger partial charge in [-0.25, -0.2) is 9.59 Å². The Morgan fingerprint density at radius 2 is 1.76 bits per heavy atom. The SMILES string of the molecule is CN[C@@](CCc1ccccc1)(C(=O)O)C(=O)OC(C)(C)C. The van der Waals surface area contributed by atoms with Gasteiger partial charge in [-0.05, 0) is 46.2 Å². The maximum Gasteiger partial charge on any atom is 0.338 e. The number of aryl methyl sites for hydroxylation is 1. The Morgan fingerprint density at radius 3 is 2.19 bits per heavy atom. The number of hydrogen-bond donors (Lipinski definition) is 2. The average molecular weight is 293 g/mol. The molecule has 0 aliphatic heterocycles. The Balaban J connectivity index is 2.93. The Labute approximate surface area is 125 Å². The quantitative estimate of drug-likeness (QED) is 0.620. The van der Waals surface area contributed by atoms with Crippen molar-refractivity contribution in [1.82, 2.24) is 5.32 Å². The van der Waals surface area contributed by atoms with E-state index in [9.17, 15) is 14.7 Å². The number of aliphatic carboxylic acids is 1. The first kappa shape index (κ1) is 17.2. The molecule has 5 heteroatoms. The van der Waals surface area contributed by atoms with Crippen LogP contribution in [0.25, 0.3) is 0 Å². The summed E-state index contributed by atoms with van der Waals surface area (Å²) in [5.41, 5.74) is -1.49. The minimum Gasteiger partial charge on any atom is -0.479 e. The Hall–Kier alpha value is -1.88. The summed E-state index contributed by atoms with van der Waals surface area (Å²) in [6.45, 7) is 5.14. The van der Waals surface area contributed by atoms with Gasteiger partial charge < -0.3 is 9.84 Å². The monoisotopic (exact) mass is 293 g/mol. The first-order chi connectivity index (χ1) is 9.71. The molecule has 21 heavy (non-hydrogen) atoms. The minimum absolute atomic E-state index is 0.123. The second-order valence-corrected chi connectivity index (χ2v) is 5.95. The number of likely N-dealkylation sites (N-methyl/N-ethyl adjacent to an activating group) is 1. The predicted molar refractivity (Wildman–Crippen MR) is 80.0 cm³/mol. The molecule has 116 valence electrons. The van der Waals surface area contributed by atoms with Gasteiger partial charge in [-0.15, -0.1) is 0 Å². The molecule has 0 saturated carbocycles. The van der Waals surface area contributed by atoms with Gasteiger partial charge in [0.25, 0.3) is 0 Å². The maximum atomic E-state index is 12.3. The van der Waals surface area contributed by atoms with Gasteiger partial charge in [-0.1, -0.05) is 30.3 Å². The van der Waals surface area contributed by atoms with Gasteiger partial charge >= 0.3 is 11.9 Å². The zero-order valence-electron chi connectivity index (χ0n) is 13.0. The van der Waals surface area contributed by atoms with Crippen molar-refractivity contribution in [3.8, 4) is 0 Å². The van der Waals surface area contributed by atoms with Gasteiger partial charge in [0.05, 0.1) is 0 Å². The fourth-order valence-electron chi connectivity index (χ4n) is 1.97. The molecule has 0 spiro atoms. The van der Waals surface area contributed by atoms with Gasteiger partial charge in [-0.2, -0.15) is 0 Å². The molecule has 0 heterocycles. The lowest BCUT2D eigenvalue weighted by atomic mass is 9.91. The number of carboxylic acids is 1. The number of esters is 1. The summed E-state index contributed by atoms with van der Waals surface area (Å²) in [5.74, 6) is -1.99. The molecule has 0 aliphatic rings. The summed E-state index contributed by atoms with van der Waals surface area (Å²) < 4.78 is 5.26. The molecule has 0 saturated heterocycles. The molecular weight excluding hydrogens is 270 g/mol. The third-order valence-electron chi connectivity index (χ3n) is 3.17. The lowest BCUT2D eigenvalue weighted by Gasteiger charge is -2.30. The molecular formula is C16H23NO4. The van der Waals surface area contributed by atoms with E-state index in [-0.39, 0.29) is 6.42 Å². The standard InChI is InChI=1S/C16H23NO4/c1-15(2,3)21-14(20)16(17-4,13(18)19)11-10-12-8-6-5-7-9-12/h5-9,17H,10-11H2,1-4H3,(H,18,19)/t16-/m0/s1. The largest absolute Gasteiger partial charge is 0.479 e. The predicted octanol–water partition coefficient (Wildman–Crippen LogP) is 2.00. The van der Waals surface area contributed by atoms with Crippen LogP contribution in [-0.4, -0.2) is 35.2 Å². The van der Waals surface area contributed by atoms with Gasteiger partial charge in [0.2, 0.25) is 5.54 Å². The van der Waals surface area contributed by atoms with Crippen LogP contribution in [0.2, 0.25) is 0 Å². The fraction of sp³-hybridized carbons (Fsp3) is 0.500. The van der Waals surface area contributed by atoms with E-state index in [1.807, 2.05) is 30.3 Å². The van der Waals surface area contributed by atoms with Crippen LogP contribution in [0.5, 0.6) is 0 Å². The third kappa shape index (κ3) is 4.56. The molecule has 0 fully saturated rings. The molecule has 2 N–H and O–H groups in total. The maximum absolute atomic E-state index is 12.3. The molecule has 1 rings (SSSR count). The third-order valence-corrected chi connectivity index (χ3v) is 3.17. The normalized spacial score (nSPS) is 14.3. The van der Waals surface area contributed by atoms with Crippen LogP contribution < -0.4 is 5.32 Å². The Kier molecular flexibility index (Phi) is 5.49. The molecule has 0 amide bonds. The molecule has 1 aromatic rings. The van der Waals surface area contributed by atoms with E-state index < -0.39 is 23.1 Å². The van der Waals surface area contributed by atoms with Gasteiger partial charge in [0, 0.05) is 0 Å². The lowest BCUT2D eigenvalue weighted by molar-refractivity contribution is -0.171. The summed E-state index contributed by atoms with van der Waals surface area (Å²) in [4.78, 5) is 23.9. The van der Waals surface area contributed by atoms with Crippen LogP contribution in [0, 0.1) is 0 Å². The van der Waals surface area contributed by atoms with Crippen LogP contribution in [0.1, 0.15) is 32.8 Å². The first-order valence-electron chi connectivity index (χ1n) is 6.91. The van der Waals surface area contributed by atoms with E-state index in [0.29, 0.717) is 6.42 Å². The van der Waals surface area contributed by atoms with Crippen LogP contribution >= 0.6 is 0 Å². The van der Waals surface area contributed by atoms with Crippen molar-refractivity contribution in [2.45, 2.75) is 44.8 Å². The number of carbonyl (C=O) groups excluding carboxylic acids is 1. The summed E-state index contributed by atoms with van der Waals surface area (Å²) in [7, 11) is 1.46. The summed E-state index contributed by atoms with van der Waals surface area (Å²) in [6, 6.07) is 9.45. The van der Waals surface area contributed by atoms with Crippen molar-refractivity contribution >= 4 is 11.9 Å². The van der Waals surface area contributed by atoms with Crippen molar-refractivity contribution in [1.29, 1.82) is 0 Å². The van der Waals surface area contributed by atoms with E-state index in [1.165, 1.54) is 7.05 Å². The zero-order chi connectivity index (χ0) is 16.1. The first-order valence-corrected chi connectivity index (χ1v) is 6.91. The van der Waals surface area contributed by atoms with Crippen LogP contribution in [-0.2, 0) is 20.7 Å². The molecule has 0 unspecified atom stereocenters. The van der Waals surface area contributed by atoms with Crippen molar-refractivity contribution in [3.63, 3.8) is 0 Å². The van der Waals surface area contributed by atoms with Crippen LogP contribution in [0.3, 0.4) is 0 Å². The van der Waals surface area contributed by atoms with Crippen LogP contribution in [0.15, 0.2) is 30.3 Å². The van der Waals surface area contributed by atoms with E-state index in [1.54, 1.807) is 20.8 Å². The van der Waals surface area contributed by atoms with E-state index >= 15 is 0 Å². The second kappa shape index (κ2) is 6.72. The summed E-state index contributed by atoms with van der Waals surface area (Å²) in [6.07, 6.45) is 0.588. The van der Waals surface area contributed by atoms with E-state index in [4.69, 9.17) is 4.74 Å². The minimum atomic E-state index is -1.73. The Morgan fingerprint density at radius 1 is 1.19 bits per heavy atom. The highest BCUT2D eigenvalue weighted by atomic mass is 16.6. The lowest BCUT2D eigenvalue weighted by Crippen LogP contribution is -2.59. The Bertz CT molecular complexity index is 493. The van der Waals surface area contributed by atoms with Crippen LogP contribution in [0.4, 0.5) is 0 Å². The van der Waals surface area contributed by atoms with E-state index in [2.05, 4.69) is 5.32 Å². The van der Waals surface area contributed by atoms with Crippen molar-refractivity contribution < 1.29 is 19.4 Å². The highest BCUT2D eigenvalue weighted by molar-refractivity contribution is 6.04. The fourth-order valence-corrected chi connectivity index (χ4v) is 1.97. The zero-order valence-corrected chi connectivity index (χ0v) is 13.0. The highest BCUT2D eigenvalue weighted by Gasteiger charge is 2.47. The van der Waals surface area contributed by atoms with Gasteiger partial charge in [0.15, 0.2) is 0 Å². The van der Waals surface area contributed by atoms with Crippen molar-refractivity contribution in [3.05, 3.63) is 35.9 Å². The molecule has 0 radical (unpaired) electrons. The number of hydrogen-bond acceptors (Lipinski definition) is 4. The molecule has 0 bridgehead atoms. The molecule has 1 aromatic carbocycles.